The summed E-state index contributed by atoms with van der Waals surface area (Å²) in [5.74, 6) is -0.226. The highest BCUT2D eigenvalue weighted by atomic mass is 16.5. The fourth-order valence-corrected chi connectivity index (χ4v) is 1.79. The van der Waals surface area contributed by atoms with Gasteiger partial charge >= 0.3 is 5.97 Å². The van der Waals surface area contributed by atoms with E-state index in [1.165, 1.54) is 12.7 Å². The van der Waals surface area contributed by atoms with Crippen LogP contribution in [0.2, 0.25) is 0 Å². The lowest BCUT2D eigenvalue weighted by Crippen LogP contribution is -2.10. The van der Waals surface area contributed by atoms with Crippen molar-refractivity contribution in [3.8, 4) is 0 Å². The summed E-state index contributed by atoms with van der Waals surface area (Å²) in [7, 11) is 1.40. The Morgan fingerprint density at radius 3 is 2.93 bits per heavy atom. The van der Waals surface area contributed by atoms with E-state index in [4.69, 9.17) is 0 Å². The molecule has 78 valence electrons. The van der Waals surface area contributed by atoms with Gasteiger partial charge in [-0.2, -0.15) is 0 Å². The number of methoxy groups -OCH3 is 1. The topological polar surface area (TPSA) is 31.2 Å². The first-order valence-electron chi connectivity index (χ1n) is 4.83. The molecule has 3 nitrogen and oxygen atoms in total. The number of nitrogens with zero attached hydrogens (tertiary/aromatic N) is 1. The number of aromatic nitrogens is 1. The summed E-state index contributed by atoms with van der Waals surface area (Å²) in [6.07, 6.45) is 1.91. The summed E-state index contributed by atoms with van der Waals surface area (Å²) in [5.41, 5.74) is 2.27. The van der Waals surface area contributed by atoms with Crippen LogP contribution in [0.4, 0.5) is 0 Å². The van der Waals surface area contributed by atoms with Crippen LogP contribution in [0.1, 0.15) is 5.56 Å². The van der Waals surface area contributed by atoms with Crippen LogP contribution < -0.4 is 0 Å². The van der Waals surface area contributed by atoms with Gasteiger partial charge in [-0.3, -0.25) is 4.79 Å². The molecule has 0 fully saturated rings. The molecule has 0 aliphatic rings. The Kier molecular flexibility index (Phi) is 2.46. The summed E-state index contributed by atoms with van der Waals surface area (Å²) in [5, 5.41) is 1.15. The van der Waals surface area contributed by atoms with E-state index in [0.717, 1.165) is 10.9 Å². The average Bonchev–Trinajstić information content (AvgIpc) is 2.63. The molecule has 15 heavy (non-hydrogen) atoms. The molecule has 1 aromatic heterocycles. The van der Waals surface area contributed by atoms with Gasteiger partial charge in [0.05, 0.1) is 12.6 Å². The van der Waals surface area contributed by atoms with Gasteiger partial charge in [0, 0.05) is 6.20 Å². The van der Waals surface area contributed by atoms with Gasteiger partial charge < -0.3 is 9.30 Å². The zero-order valence-corrected chi connectivity index (χ0v) is 8.86. The van der Waals surface area contributed by atoms with Crippen molar-refractivity contribution < 1.29 is 9.53 Å². The van der Waals surface area contributed by atoms with E-state index in [-0.39, 0.29) is 12.5 Å². The molecule has 1 aromatic carbocycles. The van der Waals surface area contributed by atoms with E-state index in [1.54, 1.807) is 0 Å². The van der Waals surface area contributed by atoms with Crippen LogP contribution >= 0.6 is 0 Å². The maximum Gasteiger partial charge on any atom is 0.325 e. The van der Waals surface area contributed by atoms with Crippen molar-refractivity contribution in [3.63, 3.8) is 0 Å². The number of hydrogen-bond acceptors (Lipinski definition) is 2. The molecule has 0 radical (unpaired) electrons. The average molecular weight is 203 g/mol. The first-order valence-corrected chi connectivity index (χ1v) is 4.83. The largest absolute Gasteiger partial charge is 0.468 e. The molecule has 2 aromatic rings. The van der Waals surface area contributed by atoms with Crippen LogP contribution in [-0.2, 0) is 16.1 Å². The summed E-state index contributed by atoms with van der Waals surface area (Å²) >= 11 is 0. The number of aryl methyl sites for hydroxylation is 1. The number of esters is 1. The molecule has 0 atom stereocenters. The molecule has 0 unspecified atom stereocenters. The molecule has 0 saturated heterocycles. The fraction of sp³-hybridized carbons (Fsp3) is 0.250. The molecule has 3 heteroatoms. The molecule has 0 aliphatic heterocycles. The Hall–Kier alpha value is -1.77. The highest BCUT2D eigenvalue weighted by molar-refractivity contribution is 5.84. The van der Waals surface area contributed by atoms with Crippen LogP contribution in [0.3, 0.4) is 0 Å². The minimum absolute atomic E-state index is 0.226. The quantitative estimate of drug-likeness (QED) is 0.700. The Bertz CT molecular complexity index is 499. The molecule has 0 amide bonds. The summed E-state index contributed by atoms with van der Waals surface area (Å²) < 4.78 is 6.57. The smallest absolute Gasteiger partial charge is 0.325 e. The number of ether oxygens (including phenoxy) is 1. The molecular formula is C12H13NO2. The van der Waals surface area contributed by atoms with Gasteiger partial charge in [-0.1, -0.05) is 18.2 Å². The van der Waals surface area contributed by atoms with Crippen LogP contribution in [0.15, 0.2) is 30.5 Å². The van der Waals surface area contributed by atoms with Crippen molar-refractivity contribution >= 4 is 16.9 Å². The SMILES string of the molecule is COC(=O)Cn1ccc2cccc(C)c21. The van der Waals surface area contributed by atoms with Gasteiger partial charge in [0.15, 0.2) is 0 Å². The Balaban J connectivity index is 2.48. The van der Waals surface area contributed by atoms with Gasteiger partial charge in [-0.15, -0.1) is 0 Å². The summed E-state index contributed by atoms with van der Waals surface area (Å²) in [6.45, 7) is 2.31. The zero-order valence-electron chi connectivity index (χ0n) is 8.86. The van der Waals surface area contributed by atoms with Crippen LogP contribution in [-0.4, -0.2) is 17.6 Å². The van der Waals surface area contributed by atoms with Gasteiger partial charge in [0.25, 0.3) is 0 Å². The number of rotatable bonds is 2. The van der Waals surface area contributed by atoms with Gasteiger partial charge in [-0.25, -0.2) is 0 Å². The van der Waals surface area contributed by atoms with Crippen molar-refractivity contribution in [2.24, 2.45) is 0 Å². The number of para-hydroxylation sites is 1. The van der Waals surface area contributed by atoms with Crippen LogP contribution in [0.5, 0.6) is 0 Å². The van der Waals surface area contributed by atoms with Crippen molar-refractivity contribution in [1.29, 1.82) is 0 Å². The fourth-order valence-electron chi connectivity index (χ4n) is 1.79. The number of carbonyl (C=O) groups is 1. The highest BCUT2D eigenvalue weighted by Crippen LogP contribution is 2.19. The zero-order chi connectivity index (χ0) is 10.8. The Morgan fingerprint density at radius 2 is 2.20 bits per heavy atom. The highest BCUT2D eigenvalue weighted by Gasteiger charge is 2.07. The first-order chi connectivity index (χ1) is 7.22. The van der Waals surface area contributed by atoms with E-state index >= 15 is 0 Å². The van der Waals surface area contributed by atoms with Gasteiger partial charge in [0.2, 0.25) is 0 Å². The van der Waals surface area contributed by atoms with E-state index in [9.17, 15) is 4.79 Å². The van der Waals surface area contributed by atoms with E-state index in [0.29, 0.717) is 0 Å². The van der Waals surface area contributed by atoms with Crippen LogP contribution in [0.25, 0.3) is 10.9 Å². The van der Waals surface area contributed by atoms with Gasteiger partial charge in [-0.05, 0) is 23.9 Å². The Morgan fingerprint density at radius 1 is 1.40 bits per heavy atom. The molecule has 0 N–H and O–H groups in total. The monoisotopic (exact) mass is 203 g/mol. The molecular weight excluding hydrogens is 190 g/mol. The van der Waals surface area contributed by atoms with Crippen molar-refractivity contribution in [3.05, 3.63) is 36.0 Å². The third kappa shape index (κ3) is 1.73. The lowest BCUT2D eigenvalue weighted by atomic mass is 10.2. The van der Waals surface area contributed by atoms with Crippen molar-refractivity contribution in [1.82, 2.24) is 4.57 Å². The molecule has 0 aliphatic carbocycles. The predicted molar refractivity (Wildman–Crippen MR) is 58.7 cm³/mol. The van der Waals surface area contributed by atoms with Crippen molar-refractivity contribution in [2.45, 2.75) is 13.5 Å². The lowest BCUT2D eigenvalue weighted by Gasteiger charge is -2.05. The van der Waals surface area contributed by atoms with E-state index in [2.05, 4.69) is 4.74 Å². The number of carbonyl (C=O) groups excluding carboxylic acids is 1. The standard InChI is InChI=1S/C12H13NO2/c1-9-4-3-5-10-6-7-13(12(9)10)8-11(14)15-2/h3-7H,8H2,1-2H3. The van der Waals surface area contributed by atoms with E-state index < -0.39 is 0 Å². The molecule has 2 rings (SSSR count). The lowest BCUT2D eigenvalue weighted by molar-refractivity contribution is -0.141. The maximum absolute atomic E-state index is 11.2. The second kappa shape index (κ2) is 3.77. The Labute approximate surface area is 88.3 Å². The third-order valence-corrected chi connectivity index (χ3v) is 2.52. The number of fused-ring (bicyclic) bond motifs is 1. The minimum Gasteiger partial charge on any atom is -0.468 e. The molecule has 0 saturated carbocycles. The van der Waals surface area contributed by atoms with E-state index in [1.807, 2.05) is 42.0 Å². The summed E-state index contributed by atoms with van der Waals surface area (Å²) in [6, 6.07) is 8.09. The molecule has 0 spiro atoms. The number of hydrogen-bond donors (Lipinski definition) is 0. The van der Waals surface area contributed by atoms with Crippen LogP contribution in [0, 0.1) is 6.92 Å². The molecule has 1 heterocycles. The minimum atomic E-state index is -0.226. The summed E-state index contributed by atoms with van der Waals surface area (Å²) in [4.78, 5) is 11.2. The predicted octanol–water partition coefficient (Wildman–Crippen LogP) is 2.12. The van der Waals surface area contributed by atoms with Gasteiger partial charge in [0.1, 0.15) is 6.54 Å². The third-order valence-electron chi connectivity index (χ3n) is 2.52. The number of benzene rings is 1. The maximum atomic E-state index is 11.2. The second-order valence-corrected chi connectivity index (χ2v) is 3.53. The first kappa shape index (κ1) is 9.77. The normalized spacial score (nSPS) is 10.5. The van der Waals surface area contributed by atoms with Crippen molar-refractivity contribution in [2.75, 3.05) is 7.11 Å². The second-order valence-electron chi connectivity index (χ2n) is 3.53. The molecule has 0 bridgehead atoms.